The molecule has 0 amide bonds. The molecule has 0 heterocycles. The van der Waals surface area contributed by atoms with Gasteiger partial charge in [0.1, 0.15) is 5.82 Å². The fraction of sp³-hybridized carbons (Fsp3) is 0.625. The lowest BCUT2D eigenvalue weighted by Gasteiger charge is -2.22. The minimum Gasteiger partial charge on any atom is -0.387 e. The van der Waals surface area contributed by atoms with Crippen molar-refractivity contribution in [2.75, 3.05) is 6.54 Å². The number of rotatable bonds is 4. The fourth-order valence-electron chi connectivity index (χ4n) is 2.77. The third kappa shape index (κ3) is 4.92. The van der Waals surface area contributed by atoms with Crippen LogP contribution in [0, 0.1) is 5.82 Å². The molecule has 3 heteroatoms. The van der Waals surface area contributed by atoms with Gasteiger partial charge in [0.25, 0.3) is 0 Å². The van der Waals surface area contributed by atoms with Crippen molar-refractivity contribution in [3.63, 3.8) is 0 Å². The van der Waals surface area contributed by atoms with Crippen LogP contribution in [0.25, 0.3) is 0 Å². The number of benzene rings is 1. The summed E-state index contributed by atoms with van der Waals surface area (Å²) in [5, 5.41) is 13.5. The van der Waals surface area contributed by atoms with E-state index in [0.717, 1.165) is 0 Å². The van der Waals surface area contributed by atoms with E-state index in [-0.39, 0.29) is 5.82 Å². The van der Waals surface area contributed by atoms with Crippen LogP contribution in [0.4, 0.5) is 4.39 Å². The summed E-state index contributed by atoms with van der Waals surface area (Å²) in [5.74, 6) is -0.289. The van der Waals surface area contributed by atoms with Gasteiger partial charge in [-0.3, -0.25) is 0 Å². The van der Waals surface area contributed by atoms with Gasteiger partial charge in [-0.2, -0.15) is 0 Å². The number of hydrogen-bond acceptors (Lipinski definition) is 2. The lowest BCUT2D eigenvalue weighted by Crippen LogP contribution is -2.33. The van der Waals surface area contributed by atoms with Crippen LogP contribution in [0.1, 0.15) is 56.6 Å². The summed E-state index contributed by atoms with van der Waals surface area (Å²) in [5.41, 5.74) is 0.651. The second kappa shape index (κ2) is 7.61. The molecule has 1 aromatic carbocycles. The molecule has 1 fully saturated rings. The zero-order valence-electron chi connectivity index (χ0n) is 11.4. The smallest absolute Gasteiger partial charge is 0.123 e. The Bertz CT molecular complexity index is 375. The van der Waals surface area contributed by atoms with Crippen LogP contribution in [-0.4, -0.2) is 17.7 Å². The zero-order chi connectivity index (χ0) is 13.5. The Labute approximate surface area is 115 Å². The van der Waals surface area contributed by atoms with E-state index in [0.29, 0.717) is 18.2 Å². The number of nitrogens with one attached hydrogen (secondary N) is 1. The van der Waals surface area contributed by atoms with Gasteiger partial charge in [-0.05, 0) is 30.5 Å². The average Bonchev–Trinajstić information content (AvgIpc) is 2.37. The highest BCUT2D eigenvalue weighted by Gasteiger charge is 2.14. The van der Waals surface area contributed by atoms with Crippen molar-refractivity contribution in [3.05, 3.63) is 35.6 Å². The van der Waals surface area contributed by atoms with Gasteiger partial charge in [0.15, 0.2) is 0 Å². The molecule has 1 unspecified atom stereocenters. The molecule has 0 bridgehead atoms. The van der Waals surface area contributed by atoms with Crippen LogP contribution in [-0.2, 0) is 0 Å². The van der Waals surface area contributed by atoms with Gasteiger partial charge in [0, 0.05) is 12.6 Å². The summed E-state index contributed by atoms with van der Waals surface area (Å²) >= 11 is 0. The molecule has 1 saturated carbocycles. The molecule has 2 rings (SSSR count). The van der Waals surface area contributed by atoms with Crippen molar-refractivity contribution in [1.29, 1.82) is 0 Å². The molecule has 1 aromatic rings. The molecular weight excluding hydrogens is 241 g/mol. The molecule has 2 nitrogen and oxygen atoms in total. The van der Waals surface area contributed by atoms with Gasteiger partial charge >= 0.3 is 0 Å². The van der Waals surface area contributed by atoms with Crippen molar-refractivity contribution < 1.29 is 9.50 Å². The Morgan fingerprint density at radius 2 is 1.84 bits per heavy atom. The second-order valence-corrected chi connectivity index (χ2v) is 5.52. The Morgan fingerprint density at radius 1 is 1.16 bits per heavy atom. The van der Waals surface area contributed by atoms with E-state index in [9.17, 15) is 9.50 Å². The first-order valence-electron chi connectivity index (χ1n) is 7.42. The SMILES string of the molecule is OC(CNC1CCCCCCC1)c1cccc(F)c1. The first-order chi connectivity index (χ1) is 9.25. The highest BCUT2D eigenvalue weighted by Crippen LogP contribution is 2.18. The normalized spacial score (nSPS) is 19.7. The summed E-state index contributed by atoms with van der Waals surface area (Å²) < 4.78 is 13.1. The molecular formula is C16H24FNO. The number of aliphatic hydroxyl groups is 1. The van der Waals surface area contributed by atoms with E-state index in [2.05, 4.69) is 5.32 Å². The predicted molar refractivity (Wildman–Crippen MR) is 75.5 cm³/mol. The summed E-state index contributed by atoms with van der Waals surface area (Å²) in [6, 6.07) is 6.73. The second-order valence-electron chi connectivity index (χ2n) is 5.52. The topological polar surface area (TPSA) is 32.3 Å². The molecule has 1 atom stereocenters. The molecule has 1 aliphatic rings. The van der Waals surface area contributed by atoms with Crippen molar-refractivity contribution in [3.8, 4) is 0 Å². The number of halogens is 1. The maximum atomic E-state index is 13.1. The lowest BCUT2D eigenvalue weighted by atomic mass is 9.96. The molecule has 19 heavy (non-hydrogen) atoms. The summed E-state index contributed by atoms with van der Waals surface area (Å²) in [6.45, 7) is 0.508. The van der Waals surface area contributed by atoms with E-state index >= 15 is 0 Å². The van der Waals surface area contributed by atoms with Crippen LogP contribution in [0.5, 0.6) is 0 Å². The average molecular weight is 265 g/mol. The first-order valence-corrected chi connectivity index (χ1v) is 7.42. The van der Waals surface area contributed by atoms with Gasteiger partial charge in [0.2, 0.25) is 0 Å². The van der Waals surface area contributed by atoms with Crippen molar-refractivity contribution >= 4 is 0 Å². The molecule has 0 radical (unpaired) electrons. The molecule has 0 spiro atoms. The van der Waals surface area contributed by atoms with E-state index in [4.69, 9.17) is 0 Å². The highest BCUT2D eigenvalue weighted by atomic mass is 19.1. The van der Waals surface area contributed by atoms with Gasteiger partial charge in [-0.25, -0.2) is 4.39 Å². The third-order valence-corrected chi connectivity index (χ3v) is 3.94. The van der Waals surface area contributed by atoms with Crippen molar-refractivity contribution in [1.82, 2.24) is 5.32 Å². The molecule has 0 aromatic heterocycles. The Hall–Kier alpha value is -0.930. The number of aliphatic hydroxyl groups excluding tert-OH is 1. The summed E-state index contributed by atoms with van der Waals surface area (Å²) in [4.78, 5) is 0. The van der Waals surface area contributed by atoms with E-state index in [1.807, 2.05) is 0 Å². The maximum Gasteiger partial charge on any atom is 0.123 e. The minimum atomic E-state index is -0.624. The molecule has 1 aliphatic carbocycles. The van der Waals surface area contributed by atoms with Crippen LogP contribution in [0.2, 0.25) is 0 Å². The fourth-order valence-corrected chi connectivity index (χ4v) is 2.77. The maximum absolute atomic E-state index is 13.1. The minimum absolute atomic E-state index is 0.289. The monoisotopic (exact) mass is 265 g/mol. The highest BCUT2D eigenvalue weighted by molar-refractivity contribution is 5.18. The van der Waals surface area contributed by atoms with Crippen LogP contribution in [0.15, 0.2) is 24.3 Å². The van der Waals surface area contributed by atoms with E-state index < -0.39 is 6.10 Å². The predicted octanol–water partition coefficient (Wildman–Crippen LogP) is 3.56. The Balaban J connectivity index is 1.80. The van der Waals surface area contributed by atoms with E-state index in [1.165, 1.54) is 57.1 Å². The van der Waals surface area contributed by atoms with Crippen molar-refractivity contribution in [2.45, 2.75) is 57.1 Å². The summed E-state index contributed by atoms with van der Waals surface area (Å²) in [6.07, 6.45) is 8.31. The lowest BCUT2D eigenvalue weighted by molar-refractivity contribution is 0.166. The largest absolute Gasteiger partial charge is 0.387 e. The standard InChI is InChI=1S/C16H24FNO/c17-14-8-6-7-13(11-14)16(19)12-18-15-9-4-2-1-3-5-10-15/h6-8,11,15-16,18-19H,1-5,9-10,12H2. The van der Waals surface area contributed by atoms with Crippen molar-refractivity contribution in [2.24, 2.45) is 0 Å². The molecule has 0 saturated heterocycles. The van der Waals surface area contributed by atoms with Gasteiger partial charge in [-0.15, -0.1) is 0 Å². The number of hydrogen-bond donors (Lipinski definition) is 2. The van der Waals surface area contributed by atoms with Gasteiger partial charge < -0.3 is 10.4 Å². The van der Waals surface area contributed by atoms with Gasteiger partial charge in [0.05, 0.1) is 6.10 Å². The molecule has 0 aliphatic heterocycles. The van der Waals surface area contributed by atoms with Crippen LogP contribution in [0.3, 0.4) is 0 Å². The molecule has 2 N–H and O–H groups in total. The summed E-state index contributed by atoms with van der Waals surface area (Å²) in [7, 11) is 0. The quantitative estimate of drug-likeness (QED) is 0.872. The van der Waals surface area contributed by atoms with Gasteiger partial charge in [-0.1, -0.05) is 44.2 Å². The van der Waals surface area contributed by atoms with E-state index in [1.54, 1.807) is 12.1 Å². The first kappa shape index (κ1) is 14.5. The van der Waals surface area contributed by atoms with Crippen LogP contribution >= 0.6 is 0 Å². The Morgan fingerprint density at radius 3 is 2.53 bits per heavy atom. The molecule has 106 valence electrons. The Kier molecular flexibility index (Phi) is 5.80. The van der Waals surface area contributed by atoms with Crippen LogP contribution < -0.4 is 5.32 Å². The zero-order valence-corrected chi connectivity index (χ0v) is 11.4. The third-order valence-electron chi connectivity index (χ3n) is 3.94.